The minimum Gasteiger partial charge on any atom is -0.475 e. The number of hydrogen-bond acceptors (Lipinski definition) is 7. The third-order valence-corrected chi connectivity index (χ3v) is 3.95. The highest BCUT2D eigenvalue weighted by Gasteiger charge is 2.45. The monoisotopic (exact) mass is 389 g/mol. The molecule has 1 saturated heterocycles. The number of halogens is 3. The number of oxime groups is 1. The van der Waals surface area contributed by atoms with Crippen molar-refractivity contribution in [3.8, 4) is 0 Å². The smallest absolute Gasteiger partial charge is 0.475 e. The number of hydrogen-bond donors (Lipinski definition) is 2. The second-order valence-electron chi connectivity index (χ2n) is 5.94. The first-order valence-electron chi connectivity index (χ1n) is 7.96. The highest BCUT2D eigenvalue weighted by atomic mass is 19.4. The van der Waals surface area contributed by atoms with Crippen LogP contribution in [0.15, 0.2) is 23.6 Å². The topological polar surface area (TPSA) is 117 Å². The summed E-state index contributed by atoms with van der Waals surface area (Å²) in [5, 5.41) is 13.7. The van der Waals surface area contributed by atoms with Gasteiger partial charge < -0.3 is 20.2 Å². The highest BCUT2D eigenvalue weighted by Crippen LogP contribution is 2.34. The maximum Gasteiger partial charge on any atom is 0.490 e. The highest BCUT2D eigenvalue weighted by molar-refractivity contribution is 6.39. The van der Waals surface area contributed by atoms with Gasteiger partial charge in [-0.1, -0.05) is 5.16 Å². The first-order valence-corrected chi connectivity index (χ1v) is 7.96. The second-order valence-corrected chi connectivity index (χ2v) is 5.94. The summed E-state index contributed by atoms with van der Waals surface area (Å²) in [4.78, 5) is 36.8. The van der Waals surface area contributed by atoms with E-state index in [2.05, 4.69) is 25.3 Å². The number of carbonyl (C=O) groups excluding carboxylic acids is 1. The van der Waals surface area contributed by atoms with Gasteiger partial charge in [0.05, 0.1) is 6.54 Å². The normalized spacial score (nSPS) is 21.6. The molecule has 1 aromatic heterocycles. The Morgan fingerprint density at radius 1 is 1.33 bits per heavy atom. The lowest BCUT2D eigenvalue weighted by Crippen LogP contribution is -2.49. The van der Waals surface area contributed by atoms with Crippen molar-refractivity contribution in [2.75, 3.05) is 25.0 Å². The van der Waals surface area contributed by atoms with Crippen LogP contribution in [0.2, 0.25) is 0 Å². The Hall–Kier alpha value is -2.92. The minimum atomic E-state index is -5.08. The SMILES string of the molecule is CNC(=O)C1=NOC2(CCCN(c3ncccn3)C2)C1.O=C(O)C(F)(F)F. The third kappa shape index (κ3) is 5.28. The van der Waals surface area contributed by atoms with Crippen LogP contribution in [-0.4, -0.2) is 64.6 Å². The number of carbonyl (C=O) groups is 2. The fraction of sp³-hybridized carbons (Fsp3) is 0.533. The van der Waals surface area contributed by atoms with E-state index in [1.165, 1.54) is 0 Å². The number of carboxylic acids is 1. The second kappa shape index (κ2) is 8.18. The van der Waals surface area contributed by atoms with Crippen LogP contribution >= 0.6 is 0 Å². The van der Waals surface area contributed by atoms with Crippen LogP contribution in [0.3, 0.4) is 0 Å². The van der Waals surface area contributed by atoms with Crippen LogP contribution in [0.5, 0.6) is 0 Å². The molecule has 2 N–H and O–H groups in total. The van der Waals surface area contributed by atoms with Crippen molar-refractivity contribution in [1.82, 2.24) is 15.3 Å². The minimum absolute atomic E-state index is 0.171. The van der Waals surface area contributed by atoms with Crippen molar-refractivity contribution < 1.29 is 32.7 Å². The van der Waals surface area contributed by atoms with E-state index < -0.39 is 17.7 Å². The van der Waals surface area contributed by atoms with Gasteiger partial charge in [-0.15, -0.1) is 0 Å². The molecule has 3 rings (SSSR count). The predicted molar refractivity (Wildman–Crippen MR) is 87.1 cm³/mol. The largest absolute Gasteiger partial charge is 0.490 e. The van der Waals surface area contributed by atoms with E-state index in [-0.39, 0.29) is 5.91 Å². The van der Waals surface area contributed by atoms with Crippen molar-refractivity contribution >= 4 is 23.5 Å². The molecule has 2 aliphatic rings. The average molecular weight is 389 g/mol. The first-order chi connectivity index (χ1) is 12.7. The van der Waals surface area contributed by atoms with E-state index in [0.717, 1.165) is 19.4 Å². The number of aliphatic carboxylic acids is 1. The summed E-state index contributed by atoms with van der Waals surface area (Å²) < 4.78 is 31.7. The standard InChI is InChI=1S/C13H17N5O2.C2HF3O2/c1-14-11(19)10-8-13(20-17-10)4-2-7-18(9-13)12-15-5-3-6-16-12;3-2(4,5)1(6)7/h3,5-6H,2,4,7-9H2,1H3,(H,14,19);(H,6,7). The van der Waals surface area contributed by atoms with Crippen molar-refractivity contribution in [2.45, 2.75) is 31.0 Å². The van der Waals surface area contributed by atoms with Crippen LogP contribution in [0.25, 0.3) is 0 Å². The lowest BCUT2D eigenvalue weighted by atomic mass is 9.88. The molecule has 0 aliphatic carbocycles. The Bertz CT molecular complexity index is 713. The molecule has 1 unspecified atom stereocenters. The molecule has 0 saturated carbocycles. The zero-order chi connectivity index (χ0) is 20.1. The van der Waals surface area contributed by atoms with E-state index in [1.807, 2.05) is 0 Å². The van der Waals surface area contributed by atoms with Gasteiger partial charge in [-0.25, -0.2) is 14.8 Å². The molecule has 27 heavy (non-hydrogen) atoms. The Balaban J connectivity index is 0.000000321. The van der Waals surface area contributed by atoms with E-state index in [4.69, 9.17) is 14.7 Å². The number of aromatic nitrogens is 2. The third-order valence-electron chi connectivity index (χ3n) is 3.95. The Kier molecular flexibility index (Phi) is 6.18. The lowest BCUT2D eigenvalue weighted by molar-refractivity contribution is -0.192. The molecule has 1 amide bonds. The summed E-state index contributed by atoms with van der Waals surface area (Å²) in [7, 11) is 1.60. The molecule has 1 spiro atoms. The number of piperidine rings is 1. The molecular formula is C15H18F3N5O4. The molecule has 9 nitrogen and oxygen atoms in total. The number of nitrogens with one attached hydrogen (secondary N) is 1. The molecule has 2 aliphatic heterocycles. The molecule has 0 radical (unpaired) electrons. The van der Waals surface area contributed by atoms with Crippen molar-refractivity contribution in [3.05, 3.63) is 18.5 Å². The van der Waals surface area contributed by atoms with E-state index in [0.29, 0.717) is 24.6 Å². The maximum absolute atomic E-state index is 11.6. The number of carboxylic acid groups (broad SMARTS) is 1. The number of anilines is 1. The summed E-state index contributed by atoms with van der Waals surface area (Å²) in [5.74, 6) is -2.23. The van der Waals surface area contributed by atoms with Crippen molar-refractivity contribution in [2.24, 2.45) is 5.16 Å². The molecule has 0 bridgehead atoms. The summed E-state index contributed by atoms with van der Waals surface area (Å²) in [6.07, 6.45) is 0.766. The van der Waals surface area contributed by atoms with Gasteiger partial charge in [0.1, 0.15) is 5.71 Å². The molecule has 0 aromatic carbocycles. The van der Waals surface area contributed by atoms with Crippen LogP contribution in [0.4, 0.5) is 19.1 Å². The molecule has 1 atom stereocenters. The molecule has 1 aromatic rings. The quantitative estimate of drug-likeness (QED) is 0.774. The van der Waals surface area contributed by atoms with Gasteiger partial charge in [0.15, 0.2) is 5.60 Å². The van der Waals surface area contributed by atoms with Crippen LogP contribution < -0.4 is 10.2 Å². The summed E-state index contributed by atoms with van der Waals surface area (Å²) in [5.41, 5.74) is 0.0441. The van der Waals surface area contributed by atoms with Gasteiger partial charge in [-0.2, -0.15) is 13.2 Å². The molecule has 12 heteroatoms. The van der Waals surface area contributed by atoms with E-state index in [1.54, 1.807) is 25.5 Å². The van der Waals surface area contributed by atoms with Crippen LogP contribution in [0, 0.1) is 0 Å². The number of alkyl halides is 3. The number of rotatable bonds is 2. The van der Waals surface area contributed by atoms with Gasteiger partial charge in [-0.05, 0) is 18.9 Å². The van der Waals surface area contributed by atoms with Gasteiger partial charge in [-0.3, -0.25) is 4.79 Å². The van der Waals surface area contributed by atoms with E-state index in [9.17, 15) is 18.0 Å². The van der Waals surface area contributed by atoms with Crippen molar-refractivity contribution in [1.29, 1.82) is 0 Å². The van der Waals surface area contributed by atoms with E-state index >= 15 is 0 Å². The van der Waals surface area contributed by atoms with Gasteiger partial charge >= 0.3 is 12.1 Å². The molecular weight excluding hydrogens is 371 g/mol. The molecule has 1 fully saturated rings. The Labute approximate surface area is 152 Å². The van der Waals surface area contributed by atoms with Crippen LogP contribution in [0.1, 0.15) is 19.3 Å². The average Bonchev–Trinajstić information content (AvgIpc) is 3.05. The van der Waals surface area contributed by atoms with Crippen molar-refractivity contribution in [3.63, 3.8) is 0 Å². The lowest BCUT2D eigenvalue weighted by Gasteiger charge is -2.38. The summed E-state index contributed by atoms with van der Waals surface area (Å²) >= 11 is 0. The number of nitrogens with zero attached hydrogens (tertiary/aromatic N) is 4. The Morgan fingerprint density at radius 3 is 2.52 bits per heavy atom. The predicted octanol–water partition coefficient (Wildman–Crippen LogP) is 0.971. The zero-order valence-electron chi connectivity index (χ0n) is 14.4. The first kappa shape index (κ1) is 20.4. The molecule has 3 heterocycles. The van der Waals surface area contributed by atoms with Crippen LogP contribution in [-0.2, 0) is 14.4 Å². The number of amides is 1. The fourth-order valence-corrected chi connectivity index (χ4v) is 2.73. The zero-order valence-corrected chi connectivity index (χ0v) is 14.4. The fourth-order valence-electron chi connectivity index (χ4n) is 2.73. The molecule has 148 valence electrons. The summed E-state index contributed by atoms with van der Waals surface area (Å²) in [6, 6.07) is 1.79. The maximum atomic E-state index is 11.6. The Morgan fingerprint density at radius 2 is 1.96 bits per heavy atom. The summed E-state index contributed by atoms with van der Waals surface area (Å²) in [6.45, 7) is 1.55. The van der Waals surface area contributed by atoms with Gasteiger partial charge in [0.25, 0.3) is 5.91 Å². The van der Waals surface area contributed by atoms with Gasteiger partial charge in [0.2, 0.25) is 5.95 Å². The van der Waals surface area contributed by atoms with Gasteiger partial charge in [0, 0.05) is 32.4 Å².